The number of carbonyl (C=O) groups is 3. The van der Waals surface area contributed by atoms with Gasteiger partial charge in [0.2, 0.25) is 0 Å². The first-order chi connectivity index (χ1) is 31.7. The summed E-state index contributed by atoms with van der Waals surface area (Å²) >= 11 is 0. The monoisotopic (exact) mass is 920 g/mol. The molecule has 0 aliphatic heterocycles. The molecule has 0 radical (unpaired) electrons. The molecule has 0 saturated heterocycles. The van der Waals surface area contributed by atoms with E-state index in [0.29, 0.717) is 43.5 Å². The van der Waals surface area contributed by atoms with Gasteiger partial charge in [0.15, 0.2) is 6.10 Å². The number of unbranched alkanes of at least 4 members (excludes halogenated alkanes) is 23. The van der Waals surface area contributed by atoms with Crippen LogP contribution in [0.5, 0.6) is 0 Å². The van der Waals surface area contributed by atoms with Gasteiger partial charge in [0.25, 0.3) is 0 Å². The smallest absolute Gasteiger partial charge is 0.314 e. The molecule has 382 valence electrons. The minimum Gasteiger partial charge on any atom is -0.461 e. The Labute approximate surface area is 401 Å². The number of nitrogens with one attached hydrogen (secondary N) is 4. The second-order valence-corrected chi connectivity index (χ2v) is 19.2. The molecule has 11 heteroatoms. The zero-order valence-corrected chi connectivity index (χ0v) is 43.2. The van der Waals surface area contributed by atoms with E-state index < -0.39 is 6.10 Å². The lowest BCUT2D eigenvalue weighted by molar-refractivity contribution is -0.892. The molecular formula is C54H107N6O5+. The van der Waals surface area contributed by atoms with Crippen LogP contribution in [0.2, 0.25) is 0 Å². The van der Waals surface area contributed by atoms with Gasteiger partial charge in [-0.15, -0.1) is 0 Å². The largest absolute Gasteiger partial charge is 0.461 e. The van der Waals surface area contributed by atoms with Crippen molar-refractivity contribution >= 4 is 18.0 Å². The predicted octanol–water partition coefficient (Wildman–Crippen LogP) is 11.6. The van der Waals surface area contributed by atoms with Crippen LogP contribution in [-0.2, 0) is 19.1 Å². The highest BCUT2D eigenvalue weighted by atomic mass is 16.6. The summed E-state index contributed by atoms with van der Waals surface area (Å²) in [5.74, 6) is -0.464. The van der Waals surface area contributed by atoms with Gasteiger partial charge < -0.3 is 41.0 Å². The topological polar surface area (TPSA) is 144 Å². The van der Waals surface area contributed by atoms with Gasteiger partial charge in [-0.1, -0.05) is 141 Å². The fourth-order valence-electron chi connectivity index (χ4n) is 7.88. The number of likely N-dealkylation sites (N-methyl/N-ethyl adjacent to an activating group) is 1. The third kappa shape index (κ3) is 49.3. The van der Waals surface area contributed by atoms with Gasteiger partial charge in [0, 0.05) is 19.4 Å². The van der Waals surface area contributed by atoms with E-state index in [1.807, 2.05) is 0 Å². The Balaban J connectivity index is 4.58. The van der Waals surface area contributed by atoms with E-state index in [9.17, 15) is 14.4 Å². The van der Waals surface area contributed by atoms with E-state index in [-0.39, 0.29) is 24.6 Å². The Morgan fingerprint density at radius 1 is 0.492 bits per heavy atom. The maximum absolute atomic E-state index is 13.0. The van der Waals surface area contributed by atoms with Crippen LogP contribution < -0.4 is 27.0 Å². The van der Waals surface area contributed by atoms with E-state index in [1.54, 1.807) is 0 Å². The van der Waals surface area contributed by atoms with Gasteiger partial charge >= 0.3 is 18.0 Å². The molecule has 0 aliphatic rings. The number of hydrogen-bond donors (Lipinski definition) is 5. The average molecular weight is 920 g/mol. The maximum atomic E-state index is 13.0. The third-order valence-corrected chi connectivity index (χ3v) is 12.0. The van der Waals surface area contributed by atoms with E-state index in [4.69, 9.17) is 15.2 Å². The molecule has 6 N–H and O–H groups in total. The lowest BCUT2D eigenvalue weighted by Crippen LogP contribution is -2.52. The van der Waals surface area contributed by atoms with E-state index in [2.05, 4.69) is 73.5 Å². The number of amides is 2. The molecule has 0 rings (SSSR count). The Bertz CT molecular complexity index is 1120. The summed E-state index contributed by atoms with van der Waals surface area (Å²) < 4.78 is 12.2. The molecule has 1 unspecified atom stereocenters. The number of esters is 2. The van der Waals surface area contributed by atoms with Crippen LogP contribution in [0.15, 0.2) is 24.3 Å². The molecular weight excluding hydrogens is 813 g/mol. The van der Waals surface area contributed by atoms with Crippen molar-refractivity contribution in [3.8, 4) is 0 Å². The fraction of sp³-hybridized carbons (Fsp3) is 0.870. The van der Waals surface area contributed by atoms with Crippen LogP contribution >= 0.6 is 0 Å². The summed E-state index contributed by atoms with van der Waals surface area (Å²) in [5.41, 5.74) is 5.52. The summed E-state index contributed by atoms with van der Waals surface area (Å²) in [4.78, 5) is 38.3. The Hall–Kier alpha value is -2.47. The number of quaternary nitrogens is 1. The first-order valence-electron chi connectivity index (χ1n) is 27.3. The summed E-state index contributed by atoms with van der Waals surface area (Å²) in [6.07, 6.45) is 45.2. The zero-order valence-electron chi connectivity index (χ0n) is 43.2. The molecule has 0 aliphatic carbocycles. The molecule has 0 aromatic heterocycles. The Morgan fingerprint density at radius 3 is 1.40 bits per heavy atom. The number of urea groups is 1. The van der Waals surface area contributed by atoms with Crippen LogP contribution in [0.1, 0.15) is 219 Å². The molecule has 0 aromatic carbocycles. The average Bonchev–Trinajstić information content (AvgIpc) is 3.28. The first-order valence-corrected chi connectivity index (χ1v) is 27.3. The first kappa shape index (κ1) is 62.5. The number of nitrogens with two attached hydrogens (primary N) is 1. The Kier molecular flexibility index (Phi) is 47.6. The molecule has 65 heavy (non-hydrogen) atoms. The van der Waals surface area contributed by atoms with Gasteiger partial charge in [-0.3, -0.25) is 9.59 Å². The SMILES string of the molecule is CCCCCCCCC=CCCCCCCCC(=O)OCC(C[N+](C)(C)CCNC(=O)NCCCNCCCCNCCCN)OC(=O)CCCCCCCC=CCCCCCCCC. The lowest BCUT2D eigenvalue weighted by atomic mass is 10.1. The molecule has 0 aromatic rings. The van der Waals surface area contributed by atoms with E-state index in [1.165, 1.54) is 116 Å². The molecule has 1 atom stereocenters. The third-order valence-electron chi connectivity index (χ3n) is 12.0. The molecule has 0 fully saturated rings. The van der Waals surface area contributed by atoms with Gasteiger partial charge in [-0.25, -0.2) is 4.79 Å². The van der Waals surface area contributed by atoms with Crippen molar-refractivity contribution in [1.29, 1.82) is 0 Å². The second-order valence-electron chi connectivity index (χ2n) is 19.2. The normalized spacial score (nSPS) is 12.3. The number of rotatable bonds is 50. The van der Waals surface area contributed by atoms with E-state index in [0.717, 1.165) is 110 Å². The zero-order chi connectivity index (χ0) is 47.6. The highest BCUT2D eigenvalue weighted by molar-refractivity contribution is 5.73. The molecule has 0 heterocycles. The molecule has 11 nitrogen and oxygen atoms in total. The van der Waals surface area contributed by atoms with Crippen molar-refractivity contribution < 1.29 is 28.3 Å². The molecule has 0 bridgehead atoms. The number of nitrogens with zero attached hydrogens (tertiary/aromatic N) is 1. The summed E-state index contributed by atoms with van der Waals surface area (Å²) in [6, 6.07) is -0.180. The van der Waals surface area contributed by atoms with Crippen LogP contribution in [-0.4, -0.2) is 108 Å². The van der Waals surface area contributed by atoms with Crippen molar-refractivity contribution in [2.45, 2.75) is 225 Å². The predicted molar refractivity (Wildman–Crippen MR) is 276 cm³/mol. The van der Waals surface area contributed by atoms with Crippen molar-refractivity contribution in [1.82, 2.24) is 21.3 Å². The highest BCUT2D eigenvalue weighted by Gasteiger charge is 2.27. The highest BCUT2D eigenvalue weighted by Crippen LogP contribution is 2.14. The van der Waals surface area contributed by atoms with E-state index >= 15 is 0 Å². The van der Waals surface area contributed by atoms with Crippen LogP contribution in [0, 0.1) is 0 Å². The standard InChI is InChI=1S/C54H106N6O5/c1-5-7-9-11-13-15-17-19-21-23-25-27-29-31-33-39-52(61)64-50-51(65-53(62)40-34-32-30-28-26-24-22-20-18-16-14-12-10-8-6-2)49-60(3,4)48-47-59-54(63)58-46-38-45-57-43-36-35-42-56-44-37-41-55/h19-22,51,56-57H,5-18,23-50,55H2,1-4H3,(H-,58,59,63)/p+1. The van der Waals surface area contributed by atoms with Crippen molar-refractivity contribution in [2.75, 3.05) is 79.6 Å². The van der Waals surface area contributed by atoms with Crippen LogP contribution in [0.3, 0.4) is 0 Å². The summed E-state index contributed by atoms with van der Waals surface area (Å²) in [6.45, 7) is 11.4. The number of allylic oxidation sites excluding steroid dienone is 4. The number of ether oxygens (including phenoxy) is 2. The maximum Gasteiger partial charge on any atom is 0.314 e. The summed E-state index contributed by atoms with van der Waals surface area (Å²) in [5, 5.41) is 12.8. The fourth-order valence-corrected chi connectivity index (χ4v) is 7.88. The summed E-state index contributed by atoms with van der Waals surface area (Å²) in [7, 11) is 4.11. The number of hydrogen-bond acceptors (Lipinski definition) is 8. The van der Waals surface area contributed by atoms with Gasteiger partial charge in [0.1, 0.15) is 13.2 Å². The number of carbonyl (C=O) groups excluding carboxylic acids is 3. The molecule has 0 spiro atoms. The molecule has 2 amide bonds. The van der Waals surface area contributed by atoms with Crippen LogP contribution in [0.4, 0.5) is 4.79 Å². The van der Waals surface area contributed by atoms with Gasteiger partial charge in [0.05, 0.1) is 27.2 Å². The quantitative estimate of drug-likeness (QED) is 0.0176. The van der Waals surface area contributed by atoms with Gasteiger partial charge in [-0.2, -0.15) is 0 Å². The lowest BCUT2D eigenvalue weighted by Gasteiger charge is -2.33. The van der Waals surface area contributed by atoms with Crippen molar-refractivity contribution in [3.05, 3.63) is 24.3 Å². The van der Waals surface area contributed by atoms with Crippen LogP contribution in [0.25, 0.3) is 0 Å². The second kappa shape index (κ2) is 49.4. The minimum atomic E-state index is -0.549. The minimum absolute atomic E-state index is 0.0529. The molecule has 0 saturated carbocycles. The van der Waals surface area contributed by atoms with Gasteiger partial charge in [-0.05, 0) is 123 Å². The van der Waals surface area contributed by atoms with Crippen molar-refractivity contribution in [3.63, 3.8) is 0 Å². The Morgan fingerprint density at radius 2 is 0.908 bits per heavy atom. The van der Waals surface area contributed by atoms with Crippen molar-refractivity contribution in [2.24, 2.45) is 5.73 Å².